The number of esters is 1. The first kappa shape index (κ1) is 12.5. The van der Waals surface area contributed by atoms with Crippen LogP contribution in [0.1, 0.15) is 35.4 Å². The Morgan fingerprint density at radius 3 is 2.56 bits per heavy atom. The number of ether oxygens (including phenoxy) is 1. The Morgan fingerprint density at radius 2 is 2.06 bits per heavy atom. The lowest BCUT2D eigenvalue weighted by Gasteiger charge is -2.08. The predicted molar refractivity (Wildman–Crippen MR) is 62.2 cm³/mol. The topological polar surface area (TPSA) is 46.5 Å². The molecule has 1 rings (SSSR count). The van der Waals surface area contributed by atoms with Gasteiger partial charge in [-0.2, -0.15) is 0 Å². The quantitative estimate of drug-likeness (QED) is 0.626. The van der Waals surface area contributed by atoms with Crippen molar-refractivity contribution in [2.45, 2.75) is 19.4 Å². The SMILES string of the molecule is C/C=C\CC(O)c1ccc(C(=O)OC)cc1. The summed E-state index contributed by atoms with van der Waals surface area (Å²) in [7, 11) is 1.34. The number of rotatable bonds is 4. The highest BCUT2D eigenvalue weighted by Gasteiger charge is 2.08. The third-order valence-corrected chi connectivity index (χ3v) is 2.31. The van der Waals surface area contributed by atoms with Gasteiger partial charge in [0, 0.05) is 0 Å². The van der Waals surface area contributed by atoms with E-state index in [0.717, 1.165) is 5.56 Å². The molecule has 0 spiro atoms. The number of aliphatic hydroxyl groups excluding tert-OH is 1. The molecule has 0 saturated heterocycles. The molecule has 0 amide bonds. The third kappa shape index (κ3) is 3.21. The first-order valence-corrected chi connectivity index (χ1v) is 5.16. The molecule has 1 aromatic carbocycles. The summed E-state index contributed by atoms with van der Waals surface area (Å²) in [5.74, 6) is -0.366. The van der Waals surface area contributed by atoms with E-state index in [1.54, 1.807) is 24.3 Å². The molecule has 3 heteroatoms. The maximum atomic E-state index is 11.2. The van der Waals surface area contributed by atoms with Crippen molar-refractivity contribution < 1.29 is 14.6 Å². The van der Waals surface area contributed by atoms with Gasteiger partial charge in [-0.05, 0) is 31.0 Å². The second-order valence-corrected chi connectivity index (χ2v) is 3.43. The van der Waals surface area contributed by atoms with Gasteiger partial charge in [0.2, 0.25) is 0 Å². The average Bonchev–Trinajstić information content (AvgIpc) is 2.35. The van der Waals surface area contributed by atoms with Crippen molar-refractivity contribution in [3.63, 3.8) is 0 Å². The summed E-state index contributed by atoms with van der Waals surface area (Å²) in [6, 6.07) is 6.78. The normalized spacial score (nSPS) is 12.7. The summed E-state index contributed by atoms with van der Waals surface area (Å²) in [5, 5.41) is 9.77. The van der Waals surface area contributed by atoms with Crippen LogP contribution >= 0.6 is 0 Å². The number of methoxy groups -OCH3 is 1. The molecule has 0 bridgehead atoms. The number of hydrogen-bond acceptors (Lipinski definition) is 3. The van der Waals surface area contributed by atoms with Gasteiger partial charge in [0.15, 0.2) is 0 Å². The molecule has 0 radical (unpaired) electrons. The highest BCUT2D eigenvalue weighted by molar-refractivity contribution is 5.89. The van der Waals surface area contributed by atoms with Gasteiger partial charge in [-0.1, -0.05) is 24.3 Å². The van der Waals surface area contributed by atoms with E-state index in [4.69, 9.17) is 0 Å². The van der Waals surface area contributed by atoms with Crippen LogP contribution in [0.3, 0.4) is 0 Å². The summed E-state index contributed by atoms with van der Waals surface area (Å²) in [6.45, 7) is 1.91. The molecule has 16 heavy (non-hydrogen) atoms. The Morgan fingerprint density at radius 1 is 1.44 bits per heavy atom. The van der Waals surface area contributed by atoms with Crippen LogP contribution in [0.2, 0.25) is 0 Å². The summed E-state index contributed by atoms with van der Waals surface area (Å²) in [6.07, 6.45) is 3.85. The molecule has 0 fully saturated rings. The zero-order valence-electron chi connectivity index (χ0n) is 9.51. The van der Waals surface area contributed by atoms with E-state index in [2.05, 4.69) is 4.74 Å². The second kappa shape index (κ2) is 6.08. The van der Waals surface area contributed by atoms with Gasteiger partial charge in [0.05, 0.1) is 18.8 Å². The standard InChI is InChI=1S/C13H16O3/c1-3-4-5-12(14)10-6-8-11(9-7-10)13(15)16-2/h3-4,6-9,12,14H,5H2,1-2H3/b4-3-. The number of carbonyl (C=O) groups is 1. The van der Waals surface area contributed by atoms with Gasteiger partial charge in [0.25, 0.3) is 0 Å². The Bertz CT molecular complexity index is 365. The van der Waals surface area contributed by atoms with Gasteiger partial charge in [-0.25, -0.2) is 4.79 Å². The minimum Gasteiger partial charge on any atom is -0.465 e. The van der Waals surface area contributed by atoms with Gasteiger partial charge in [-0.3, -0.25) is 0 Å². The van der Waals surface area contributed by atoms with Crippen LogP contribution in [0, 0.1) is 0 Å². The minimum absolute atomic E-state index is 0.366. The molecular formula is C13H16O3. The molecule has 86 valence electrons. The van der Waals surface area contributed by atoms with E-state index in [0.29, 0.717) is 12.0 Å². The monoisotopic (exact) mass is 220 g/mol. The lowest BCUT2D eigenvalue weighted by Crippen LogP contribution is -2.02. The molecule has 0 aromatic heterocycles. The largest absolute Gasteiger partial charge is 0.465 e. The minimum atomic E-state index is -0.525. The number of allylic oxidation sites excluding steroid dienone is 1. The van der Waals surface area contributed by atoms with Crippen molar-refractivity contribution >= 4 is 5.97 Å². The average molecular weight is 220 g/mol. The summed E-state index contributed by atoms with van der Waals surface area (Å²) in [4.78, 5) is 11.2. The van der Waals surface area contributed by atoms with Gasteiger partial charge < -0.3 is 9.84 Å². The Balaban J connectivity index is 2.74. The fourth-order valence-electron chi connectivity index (χ4n) is 1.36. The summed E-state index contributed by atoms with van der Waals surface area (Å²) >= 11 is 0. The molecule has 1 aromatic rings. The number of benzene rings is 1. The lowest BCUT2D eigenvalue weighted by molar-refractivity contribution is 0.0600. The van der Waals surface area contributed by atoms with Crippen molar-refractivity contribution in [1.82, 2.24) is 0 Å². The molecule has 0 heterocycles. The highest BCUT2D eigenvalue weighted by atomic mass is 16.5. The van der Waals surface area contributed by atoms with E-state index < -0.39 is 6.10 Å². The molecule has 1 unspecified atom stereocenters. The van der Waals surface area contributed by atoms with E-state index in [1.165, 1.54) is 7.11 Å². The summed E-state index contributed by atoms with van der Waals surface area (Å²) < 4.78 is 4.59. The van der Waals surface area contributed by atoms with Gasteiger partial charge in [-0.15, -0.1) is 0 Å². The van der Waals surface area contributed by atoms with Crippen LogP contribution in [0.4, 0.5) is 0 Å². The number of hydrogen-bond donors (Lipinski definition) is 1. The van der Waals surface area contributed by atoms with Gasteiger partial charge in [0.1, 0.15) is 0 Å². The van der Waals surface area contributed by atoms with Crippen LogP contribution in [0.25, 0.3) is 0 Å². The fourth-order valence-corrected chi connectivity index (χ4v) is 1.36. The molecule has 1 N–H and O–H groups in total. The predicted octanol–water partition coefficient (Wildman–Crippen LogP) is 2.47. The van der Waals surface area contributed by atoms with Crippen molar-refractivity contribution in [2.24, 2.45) is 0 Å². The smallest absolute Gasteiger partial charge is 0.337 e. The Kier molecular flexibility index (Phi) is 4.73. The first-order chi connectivity index (χ1) is 7.69. The van der Waals surface area contributed by atoms with Crippen LogP contribution in [0.5, 0.6) is 0 Å². The van der Waals surface area contributed by atoms with Crippen LogP contribution in [-0.2, 0) is 4.74 Å². The van der Waals surface area contributed by atoms with E-state index in [9.17, 15) is 9.90 Å². The lowest BCUT2D eigenvalue weighted by atomic mass is 10.0. The highest BCUT2D eigenvalue weighted by Crippen LogP contribution is 2.17. The van der Waals surface area contributed by atoms with E-state index >= 15 is 0 Å². The zero-order valence-corrected chi connectivity index (χ0v) is 9.51. The van der Waals surface area contributed by atoms with Gasteiger partial charge >= 0.3 is 5.97 Å². The molecule has 0 aliphatic rings. The second-order valence-electron chi connectivity index (χ2n) is 3.43. The zero-order chi connectivity index (χ0) is 12.0. The number of aliphatic hydroxyl groups is 1. The maximum Gasteiger partial charge on any atom is 0.337 e. The molecule has 0 aliphatic carbocycles. The van der Waals surface area contributed by atoms with Crippen molar-refractivity contribution in [3.8, 4) is 0 Å². The van der Waals surface area contributed by atoms with Crippen LogP contribution < -0.4 is 0 Å². The maximum absolute atomic E-state index is 11.2. The molecular weight excluding hydrogens is 204 g/mol. The Hall–Kier alpha value is -1.61. The molecule has 3 nitrogen and oxygen atoms in total. The molecule has 0 aliphatic heterocycles. The van der Waals surface area contributed by atoms with Crippen LogP contribution in [0.15, 0.2) is 36.4 Å². The van der Waals surface area contributed by atoms with E-state index in [1.807, 2.05) is 19.1 Å². The van der Waals surface area contributed by atoms with Crippen molar-refractivity contribution in [3.05, 3.63) is 47.5 Å². The van der Waals surface area contributed by atoms with E-state index in [-0.39, 0.29) is 5.97 Å². The third-order valence-electron chi connectivity index (χ3n) is 2.31. The molecule has 0 saturated carbocycles. The van der Waals surface area contributed by atoms with Crippen molar-refractivity contribution in [2.75, 3.05) is 7.11 Å². The fraction of sp³-hybridized carbons (Fsp3) is 0.308. The Labute approximate surface area is 95.4 Å². The van der Waals surface area contributed by atoms with Crippen molar-refractivity contribution in [1.29, 1.82) is 0 Å². The van der Waals surface area contributed by atoms with Crippen LogP contribution in [-0.4, -0.2) is 18.2 Å². The molecule has 1 atom stereocenters. The number of carbonyl (C=O) groups excluding carboxylic acids is 1. The first-order valence-electron chi connectivity index (χ1n) is 5.16. The summed E-state index contributed by atoms with van der Waals surface area (Å²) in [5.41, 5.74) is 1.29.